The van der Waals surface area contributed by atoms with Gasteiger partial charge in [0.1, 0.15) is 10.6 Å². The quantitative estimate of drug-likeness (QED) is 0.759. The monoisotopic (exact) mass is 359 g/mol. The molecule has 0 bridgehead atoms. The number of aromatic nitrogens is 5. The lowest BCUT2D eigenvalue weighted by molar-refractivity contribution is 0.120. The zero-order valence-electron chi connectivity index (χ0n) is 14.2. The predicted octanol–water partition coefficient (Wildman–Crippen LogP) is 1.70. The molecule has 8 nitrogen and oxygen atoms in total. The summed E-state index contributed by atoms with van der Waals surface area (Å²) in [5, 5.41) is 16.7. The van der Waals surface area contributed by atoms with E-state index >= 15 is 0 Å². The lowest BCUT2D eigenvalue weighted by Gasteiger charge is -2.25. The Morgan fingerprint density at radius 3 is 3.20 bits per heavy atom. The lowest BCUT2D eigenvalue weighted by Crippen LogP contribution is -2.29. The molecule has 132 valence electrons. The second kappa shape index (κ2) is 6.15. The number of hydrogen-bond acceptors (Lipinski definition) is 8. The molecule has 9 heteroatoms. The van der Waals surface area contributed by atoms with Gasteiger partial charge in [-0.15, -0.1) is 11.3 Å². The summed E-state index contributed by atoms with van der Waals surface area (Å²) in [6.07, 6.45) is 3.57. The van der Waals surface area contributed by atoms with Crippen LogP contribution in [0.3, 0.4) is 0 Å². The van der Waals surface area contributed by atoms with Crippen LogP contribution in [0, 0.1) is 0 Å². The van der Waals surface area contributed by atoms with E-state index in [9.17, 15) is 0 Å². The van der Waals surface area contributed by atoms with Gasteiger partial charge in [0.25, 0.3) is 5.78 Å². The number of thiophene rings is 1. The Balaban J connectivity index is 1.60. The number of likely N-dealkylation sites (N-methyl/N-ethyl adjacent to an activating group) is 1. The van der Waals surface area contributed by atoms with Crippen LogP contribution in [0.1, 0.15) is 30.2 Å². The zero-order chi connectivity index (χ0) is 16.8. The van der Waals surface area contributed by atoms with E-state index in [-0.39, 0.29) is 6.10 Å². The van der Waals surface area contributed by atoms with Crippen molar-refractivity contribution in [2.45, 2.75) is 38.8 Å². The van der Waals surface area contributed by atoms with Crippen LogP contribution in [0.5, 0.6) is 0 Å². The number of hydrogen-bond donors (Lipinski definition) is 1. The van der Waals surface area contributed by atoms with E-state index in [4.69, 9.17) is 9.72 Å². The second-order valence-corrected chi connectivity index (χ2v) is 7.75. The predicted molar refractivity (Wildman–Crippen MR) is 96.1 cm³/mol. The van der Waals surface area contributed by atoms with Crippen molar-refractivity contribution < 1.29 is 4.74 Å². The zero-order valence-corrected chi connectivity index (χ0v) is 15.1. The fourth-order valence-corrected chi connectivity index (χ4v) is 5.12. The summed E-state index contributed by atoms with van der Waals surface area (Å²) >= 11 is 1.79. The molecule has 1 saturated heterocycles. The third-order valence-electron chi connectivity index (χ3n) is 5.18. The van der Waals surface area contributed by atoms with E-state index in [1.807, 2.05) is 0 Å². The Morgan fingerprint density at radius 2 is 2.36 bits per heavy atom. The summed E-state index contributed by atoms with van der Waals surface area (Å²) in [7, 11) is 0. The van der Waals surface area contributed by atoms with Crippen LogP contribution in [0.2, 0.25) is 0 Å². The highest BCUT2D eigenvalue weighted by Gasteiger charge is 2.25. The van der Waals surface area contributed by atoms with Gasteiger partial charge in [-0.05, 0) is 41.8 Å². The smallest absolute Gasteiger partial charge is 0.276 e. The molecule has 3 aromatic heterocycles. The third kappa shape index (κ3) is 2.57. The van der Waals surface area contributed by atoms with E-state index in [0.717, 1.165) is 62.7 Å². The van der Waals surface area contributed by atoms with Gasteiger partial charge in [0.05, 0.1) is 11.5 Å². The van der Waals surface area contributed by atoms with Crippen LogP contribution in [-0.2, 0) is 17.7 Å². The summed E-state index contributed by atoms with van der Waals surface area (Å²) in [4.78, 5) is 9.67. The maximum Gasteiger partial charge on any atom is 0.276 e. The van der Waals surface area contributed by atoms with Gasteiger partial charge in [-0.3, -0.25) is 4.90 Å². The molecule has 1 N–H and O–H groups in total. The van der Waals surface area contributed by atoms with Crippen LogP contribution >= 0.6 is 11.3 Å². The minimum atomic E-state index is 0.272. The van der Waals surface area contributed by atoms with Crippen molar-refractivity contribution in [2.24, 2.45) is 0 Å². The maximum atomic E-state index is 5.74. The first-order valence-corrected chi connectivity index (χ1v) is 9.75. The van der Waals surface area contributed by atoms with Gasteiger partial charge in [-0.1, -0.05) is 12.0 Å². The minimum absolute atomic E-state index is 0.272. The molecular weight excluding hydrogens is 338 g/mol. The fourth-order valence-electron chi connectivity index (χ4n) is 3.79. The van der Waals surface area contributed by atoms with E-state index in [0.29, 0.717) is 5.78 Å². The van der Waals surface area contributed by atoms with Gasteiger partial charge < -0.3 is 10.1 Å². The largest absolute Gasteiger partial charge is 0.376 e. The highest BCUT2D eigenvalue weighted by atomic mass is 32.1. The molecule has 3 aromatic rings. The fraction of sp³-hybridized carbons (Fsp3) is 0.625. The Hall–Kier alpha value is -1.84. The molecule has 0 radical (unpaired) electrons. The molecule has 0 aromatic carbocycles. The lowest BCUT2D eigenvalue weighted by atomic mass is 10.0. The minimum Gasteiger partial charge on any atom is -0.376 e. The van der Waals surface area contributed by atoms with Gasteiger partial charge in [0.2, 0.25) is 0 Å². The average molecular weight is 359 g/mol. The standard InChI is InChI=1S/C16H21N7OS/c1-2-22-6-5-11-12(9-22)25-15-13(11)14(17-8-10-4-3-7-24-10)18-16-19-20-21-23(15)16/h10H,2-9H2,1H3,(H,17,18,19,21)/t10-/m1/s1. The molecule has 0 aliphatic carbocycles. The molecule has 2 aliphatic rings. The SMILES string of the molecule is CCN1CCc2c(sc3c2c(NC[C@H]2CCCO2)nc2nnnn23)C1. The number of nitrogens with one attached hydrogen (secondary N) is 1. The average Bonchev–Trinajstić information content (AvgIpc) is 3.36. The van der Waals surface area contributed by atoms with Crippen LogP contribution in [0.25, 0.3) is 16.0 Å². The van der Waals surface area contributed by atoms with Crippen LogP contribution < -0.4 is 5.32 Å². The van der Waals surface area contributed by atoms with Gasteiger partial charge >= 0.3 is 0 Å². The normalized spacial score (nSPS) is 21.2. The Bertz CT molecular complexity index is 914. The number of ether oxygens (including phenoxy) is 1. The van der Waals surface area contributed by atoms with E-state index in [1.165, 1.54) is 15.8 Å². The van der Waals surface area contributed by atoms with Crippen LogP contribution in [-0.4, -0.2) is 62.3 Å². The summed E-state index contributed by atoms with van der Waals surface area (Å²) in [5.41, 5.74) is 1.41. The highest BCUT2D eigenvalue weighted by Crippen LogP contribution is 2.38. The van der Waals surface area contributed by atoms with E-state index < -0.39 is 0 Å². The first kappa shape index (κ1) is 15.4. The number of anilines is 1. The van der Waals surface area contributed by atoms with Crippen molar-refractivity contribution in [3.63, 3.8) is 0 Å². The maximum absolute atomic E-state index is 5.74. The van der Waals surface area contributed by atoms with Gasteiger partial charge in [-0.25, -0.2) is 0 Å². The summed E-state index contributed by atoms with van der Waals surface area (Å²) in [6.45, 7) is 7.03. The molecule has 0 unspecified atom stereocenters. The van der Waals surface area contributed by atoms with Crippen molar-refractivity contribution >= 4 is 33.1 Å². The molecular formula is C16H21N7OS. The molecule has 2 aliphatic heterocycles. The molecule has 0 saturated carbocycles. The Labute approximate surface area is 149 Å². The van der Waals surface area contributed by atoms with Gasteiger partial charge in [0, 0.05) is 31.1 Å². The van der Waals surface area contributed by atoms with Crippen molar-refractivity contribution in [3.05, 3.63) is 10.4 Å². The van der Waals surface area contributed by atoms with E-state index in [2.05, 4.69) is 32.7 Å². The van der Waals surface area contributed by atoms with Crippen LogP contribution in [0.4, 0.5) is 5.82 Å². The molecule has 5 heterocycles. The number of rotatable bonds is 4. The number of nitrogens with zero attached hydrogens (tertiary/aromatic N) is 6. The number of tetrazole rings is 1. The topological polar surface area (TPSA) is 80.5 Å². The Kier molecular flexibility index (Phi) is 3.79. The van der Waals surface area contributed by atoms with E-state index in [1.54, 1.807) is 15.9 Å². The molecule has 1 fully saturated rings. The molecule has 0 amide bonds. The molecule has 0 spiro atoms. The first-order chi connectivity index (χ1) is 12.3. The molecule has 25 heavy (non-hydrogen) atoms. The summed E-state index contributed by atoms with van der Waals surface area (Å²) in [5.74, 6) is 1.45. The van der Waals surface area contributed by atoms with Gasteiger partial charge in [0.15, 0.2) is 0 Å². The first-order valence-electron chi connectivity index (χ1n) is 8.93. The van der Waals surface area contributed by atoms with Crippen molar-refractivity contribution in [2.75, 3.05) is 31.6 Å². The summed E-state index contributed by atoms with van der Waals surface area (Å²) in [6, 6.07) is 0. The van der Waals surface area contributed by atoms with Crippen molar-refractivity contribution in [3.8, 4) is 0 Å². The van der Waals surface area contributed by atoms with Gasteiger partial charge in [-0.2, -0.15) is 9.50 Å². The highest BCUT2D eigenvalue weighted by molar-refractivity contribution is 7.19. The second-order valence-electron chi connectivity index (χ2n) is 6.67. The van der Waals surface area contributed by atoms with Crippen molar-refractivity contribution in [1.29, 1.82) is 0 Å². The third-order valence-corrected chi connectivity index (χ3v) is 6.37. The Morgan fingerprint density at radius 1 is 1.40 bits per heavy atom. The summed E-state index contributed by atoms with van der Waals surface area (Å²) < 4.78 is 7.51. The number of fused-ring (bicyclic) bond motifs is 5. The molecule has 5 rings (SSSR count). The van der Waals surface area contributed by atoms with Crippen LogP contribution in [0.15, 0.2) is 0 Å². The van der Waals surface area contributed by atoms with Crippen molar-refractivity contribution in [1.82, 2.24) is 29.9 Å². The molecule has 1 atom stereocenters.